The summed E-state index contributed by atoms with van der Waals surface area (Å²) in [6.07, 6.45) is 2.19. The number of nitrogens with two attached hydrogens (primary N) is 1. The van der Waals surface area contributed by atoms with Crippen LogP contribution in [-0.2, 0) is 0 Å². The molecule has 0 bridgehead atoms. The Morgan fingerprint density at radius 2 is 2.07 bits per heavy atom. The first-order valence-electron chi connectivity index (χ1n) is 5.50. The number of aromatic nitrogens is 2. The summed E-state index contributed by atoms with van der Waals surface area (Å²) in [6, 6.07) is 0.803. The molecule has 0 unspecified atom stereocenters. The molecule has 0 aromatic carbocycles. The zero-order chi connectivity index (χ0) is 10.8. The average molecular weight is 210 g/mol. The van der Waals surface area contributed by atoms with E-state index < -0.39 is 0 Å². The minimum atomic E-state index is 0.177. The molecule has 0 aliphatic carbocycles. The Labute approximate surface area is 89.6 Å². The molecule has 0 saturated carbocycles. The fraction of sp³-hybridized carbons (Fsp3) is 0.800. The predicted octanol–water partition coefficient (Wildman–Crippen LogP) is 1.24. The van der Waals surface area contributed by atoms with Crippen molar-refractivity contribution < 1.29 is 4.52 Å². The number of hydrogen-bond acceptors (Lipinski definition) is 5. The molecule has 2 N–H and O–H groups in total. The lowest BCUT2D eigenvalue weighted by molar-refractivity contribution is 0.168. The summed E-state index contributed by atoms with van der Waals surface area (Å²) >= 11 is 0. The molecule has 1 fully saturated rings. The Morgan fingerprint density at radius 1 is 1.40 bits per heavy atom. The van der Waals surface area contributed by atoms with Crippen molar-refractivity contribution in [2.45, 2.75) is 38.6 Å². The van der Waals surface area contributed by atoms with Gasteiger partial charge in [0, 0.05) is 12.0 Å². The highest BCUT2D eigenvalue weighted by Gasteiger charge is 2.25. The SMILES string of the molecule is CC(C)N1CCC(c2noc(N)n2)CC1. The monoisotopic (exact) mass is 210 g/mol. The highest BCUT2D eigenvalue weighted by molar-refractivity contribution is 5.10. The van der Waals surface area contributed by atoms with Crippen molar-refractivity contribution in [2.75, 3.05) is 18.8 Å². The van der Waals surface area contributed by atoms with Gasteiger partial charge in [0.1, 0.15) is 0 Å². The van der Waals surface area contributed by atoms with E-state index in [4.69, 9.17) is 10.3 Å². The van der Waals surface area contributed by atoms with Gasteiger partial charge >= 0.3 is 6.01 Å². The standard InChI is InChI=1S/C10H18N4O/c1-7(2)14-5-3-8(4-6-14)9-12-10(11)15-13-9/h7-8H,3-6H2,1-2H3,(H2,11,12,13). The van der Waals surface area contributed by atoms with E-state index >= 15 is 0 Å². The molecule has 5 nitrogen and oxygen atoms in total. The van der Waals surface area contributed by atoms with Crippen LogP contribution in [0.1, 0.15) is 38.4 Å². The number of anilines is 1. The van der Waals surface area contributed by atoms with Gasteiger partial charge in [0.2, 0.25) is 0 Å². The van der Waals surface area contributed by atoms with E-state index in [1.165, 1.54) is 0 Å². The Hall–Kier alpha value is -1.10. The van der Waals surface area contributed by atoms with Crippen molar-refractivity contribution in [1.29, 1.82) is 0 Å². The van der Waals surface area contributed by atoms with Gasteiger partial charge in [-0.25, -0.2) is 0 Å². The molecule has 2 heterocycles. The van der Waals surface area contributed by atoms with Crippen LogP contribution in [0.4, 0.5) is 6.01 Å². The Bertz CT molecular complexity index is 315. The zero-order valence-electron chi connectivity index (χ0n) is 9.31. The van der Waals surface area contributed by atoms with Crippen LogP contribution in [0.25, 0.3) is 0 Å². The molecule has 1 aliphatic rings. The van der Waals surface area contributed by atoms with Crippen molar-refractivity contribution in [3.63, 3.8) is 0 Å². The minimum absolute atomic E-state index is 0.177. The van der Waals surface area contributed by atoms with Crippen molar-refractivity contribution in [3.8, 4) is 0 Å². The summed E-state index contributed by atoms with van der Waals surface area (Å²) in [5.74, 6) is 1.19. The van der Waals surface area contributed by atoms with Crippen LogP contribution < -0.4 is 5.73 Å². The second kappa shape index (κ2) is 4.18. The molecule has 0 radical (unpaired) electrons. The normalized spacial score (nSPS) is 19.9. The number of rotatable bonds is 2. The fourth-order valence-corrected chi connectivity index (χ4v) is 2.09. The van der Waals surface area contributed by atoms with Gasteiger partial charge in [-0.3, -0.25) is 0 Å². The minimum Gasteiger partial charge on any atom is -0.351 e. The molecule has 1 aromatic heterocycles. The summed E-state index contributed by atoms with van der Waals surface area (Å²) in [4.78, 5) is 6.56. The number of piperidine rings is 1. The first kappa shape index (κ1) is 10.4. The summed E-state index contributed by atoms with van der Waals surface area (Å²) in [7, 11) is 0. The third-order valence-electron chi connectivity index (χ3n) is 3.08. The zero-order valence-corrected chi connectivity index (χ0v) is 9.31. The summed E-state index contributed by atoms with van der Waals surface area (Å²) in [5.41, 5.74) is 5.41. The maximum Gasteiger partial charge on any atom is 0.318 e. The van der Waals surface area contributed by atoms with Crippen LogP contribution in [0, 0.1) is 0 Å². The number of likely N-dealkylation sites (tertiary alicyclic amines) is 1. The second-order valence-electron chi connectivity index (χ2n) is 4.39. The fourth-order valence-electron chi connectivity index (χ4n) is 2.09. The lowest BCUT2D eigenvalue weighted by Crippen LogP contribution is -2.38. The molecule has 84 valence electrons. The molecule has 5 heteroatoms. The van der Waals surface area contributed by atoms with E-state index in [-0.39, 0.29) is 6.01 Å². The quantitative estimate of drug-likeness (QED) is 0.795. The van der Waals surface area contributed by atoms with Gasteiger partial charge in [0.05, 0.1) is 0 Å². The largest absolute Gasteiger partial charge is 0.351 e. The molecule has 1 saturated heterocycles. The van der Waals surface area contributed by atoms with E-state index in [2.05, 4.69) is 28.9 Å². The van der Waals surface area contributed by atoms with Crippen LogP contribution in [0.15, 0.2) is 4.52 Å². The van der Waals surface area contributed by atoms with Gasteiger partial charge in [0.15, 0.2) is 5.82 Å². The molecule has 15 heavy (non-hydrogen) atoms. The van der Waals surface area contributed by atoms with Crippen LogP contribution in [0.3, 0.4) is 0 Å². The van der Waals surface area contributed by atoms with E-state index in [9.17, 15) is 0 Å². The highest BCUT2D eigenvalue weighted by atomic mass is 16.5. The second-order valence-corrected chi connectivity index (χ2v) is 4.39. The first-order chi connectivity index (χ1) is 7.16. The summed E-state index contributed by atoms with van der Waals surface area (Å²) < 4.78 is 4.80. The maximum atomic E-state index is 5.41. The molecule has 1 aliphatic heterocycles. The highest BCUT2D eigenvalue weighted by Crippen LogP contribution is 2.26. The third kappa shape index (κ3) is 2.28. The Balaban J connectivity index is 1.93. The van der Waals surface area contributed by atoms with Gasteiger partial charge < -0.3 is 15.2 Å². The molecular weight excluding hydrogens is 192 g/mol. The average Bonchev–Trinajstić information content (AvgIpc) is 2.65. The van der Waals surface area contributed by atoms with Gasteiger partial charge in [-0.15, -0.1) is 0 Å². The van der Waals surface area contributed by atoms with Crippen LogP contribution in [0.5, 0.6) is 0 Å². The summed E-state index contributed by atoms with van der Waals surface area (Å²) in [6.45, 7) is 6.67. The van der Waals surface area contributed by atoms with E-state index in [1.54, 1.807) is 0 Å². The van der Waals surface area contributed by atoms with Crippen LogP contribution >= 0.6 is 0 Å². The number of nitrogen functional groups attached to an aromatic ring is 1. The van der Waals surface area contributed by atoms with Crippen LogP contribution in [0.2, 0.25) is 0 Å². The first-order valence-corrected chi connectivity index (χ1v) is 5.50. The Morgan fingerprint density at radius 3 is 2.53 bits per heavy atom. The maximum absolute atomic E-state index is 5.41. The van der Waals surface area contributed by atoms with Gasteiger partial charge in [-0.2, -0.15) is 4.98 Å². The van der Waals surface area contributed by atoms with Crippen molar-refractivity contribution >= 4 is 6.01 Å². The summed E-state index contributed by atoms with van der Waals surface area (Å²) in [5, 5.41) is 3.88. The lowest BCUT2D eigenvalue weighted by atomic mass is 9.95. The van der Waals surface area contributed by atoms with Crippen molar-refractivity contribution in [3.05, 3.63) is 5.82 Å². The third-order valence-corrected chi connectivity index (χ3v) is 3.08. The molecule has 0 spiro atoms. The van der Waals surface area contributed by atoms with E-state index in [1.807, 2.05) is 0 Å². The molecule has 2 rings (SSSR count). The van der Waals surface area contributed by atoms with Crippen molar-refractivity contribution in [2.24, 2.45) is 0 Å². The topological polar surface area (TPSA) is 68.2 Å². The molecule has 0 atom stereocenters. The smallest absolute Gasteiger partial charge is 0.318 e. The molecule has 1 aromatic rings. The van der Waals surface area contributed by atoms with Gasteiger partial charge in [-0.05, 0) is 39.8 Å². The molecular formula is C10H18N4O. The van der Waals surface area contributed by atoms with Gasteiger partial charge in [0.25, 0.3) is 0 Å². The van der Waals surface area contributed by atoms with Crippen LogP contribution in [-0.4, -0.2) is 34.2 Å². The van der Waals surface area contributed by atoms with E-state index in [0.29, 0.717) is 12.0 Å². The predicted molar refractivity (Wildman–Crippen MR) is 57.4 cm³/mol. The van der Waals surface area contributed by atoms with Crippen molar-refractivity contribution in [1.82, 2.24) is 15.0 Å². The Kier molecular flexibility index (Phi) is 2.90. The number of nitrogens with zero attached hydrogens (tertiary/aromatic N) is 3. The lowest BCUT2D eigenvalue weighted by Gasteiger charge is -2.33. The van der Waals surface area contributed by atoms with Gasteiger partial charge in [-0.1, -0.05) is 5.16 Å². The number of hydrogen-bond donors (Lipinski definition) is 1. The molecule has 0 amide bonds. The van der Waals surface area contributed by atoms with E-state index in [0.717, 1.165) is 31.8 Å².